The van der Waals surface area contributed by atoms with Gasteiger partial charge in [0.2, 0.25) is 0 Å². The number of aryl methyl sites for hydroxylation is 1. The lowest BCUT2D eigenvalue weighted by molar-refractivity contribution is 0.0574. The monoisotopic (exact) mass is 389 g/mol. The van der Waals surface area contributed by atoms with Crippen LogP contribution < -0.4 is 10.6 Å². The van der Waals surface area contributed by atoms with Crippen molar-refractivity contribution in [3.63, 3.8) is 0 Å². The molecule has 1 aromatic carbocycles. The number of ether oxygens (including phenoxy) is 1. The first-order chi connectivity index (χ1) is 13.0. The summed E-state index contributed by atoms with van der Waals surface area (Å²) >= 11 is 5.39. The standard InChI is InChI=1S/C19H20ClN3O4/c1-3-9-21-18(25)16-15(8-7-12(2)22-16)17(24)23-14-6-4-5-13(10-14)19(26)27-11-20/h4-8,10H,3,9,11H2,1-2H3,(H,21,25)(H,23,24). The number of nitrogens with one attached hydrogen (secondary N) is 2. The van der Waals surface area contributed by atoms with Gasteiger partial charge in [0.25, 0.3) is 11.8 Å². The van der Waals surface area contributed by atoms with E-state index in [1.54, 1.807) is 37.3 Å². The largest absolute Gasteiger partial charge is 0.446 e. The summed E-state index contributed by atoms with van der Waals surface area (Å²) in [6.07, 6.45) is 0.768. The molecule has 0 fully saturated rings. The highest BCUT2D eigenvalue weighted by Crippen LogP contribution is 2.15. The smallest absolute Gasteiger partial charge is 0.339 e. The molecule has 0 aliphatic rings. The fourth-order valence-corrected chi connectivity index (χ4v) is 2.39. The topological polar surface area (TPSA) is 97.4 Å². The molecule has 142 valence electrons. The molecule has 0 radical (unpaired) electrons. The van der Waals surface area contributed by atoms with Gasteiger partial charge in [-0.1, -0.05) is 24.6 Å². The average molecular weight is 390 g/mol. The summed E-state index contributed by atoms with van der Waals surface area (Å²) in [5.74, 6) is -1.52. The molecule has 2 N–H and O–H groups in total. The molecule has 0 atom stereocenters. The van der Waals surface area contributed by atoms with Gasteiger partial charge < -0.3 is 15.4 Å². The van der Waals surface area contributed by atoms with Gasteiger partial charge >= 0.3 is 5.97 Å². The second-order valence-electron chi connectivity index (χ2n) is 5.68. The number of hydrogen-bond donors (Lipinski definition) is 2. The summed E-state index contributed by atoms with van der Waals surface area (Å²) in [5.41, 5.74) is 1.45. The molecule has 2 aromatic rings. The second kappa shape index (κ2) is 9.68. The third kappa shape index (κ3) is 5.52. The van der Waals surface area contributed by atoms with Gasteiger partial charge in [-0.05, 0) is 43.7 Å². The number of amides is 2. The SMILES string of the molecule is CCCNC(=O)c1nc(C)ccc1C(=O)Nc1cccc(C(=O)OCCl)c1. The zero-order valence-electron chi connectivity index (χ0n) is 15.0. The van der Waals surface area contributed by atoms with Gasteiger partial charge in [0, 0.05) is 17.9 Å². The number of aromatic nitrogens is 1. The van der Waals surface area contributed by atoms with E-state index in [1.807, 2.05) is 6.92 Å². The number of benzene rings is 1. The van der Waals surface area contributed by atoms with Crippen LogP contribution in [0.4, 0.5) is 5.69 Å². The molecule has 7 nitrogen and oxygen atoms in total. The van der Waals surface area contributed by atoms with Gasteiger partial charge in [-0.25, -0.2) is 9.78 Å². The fraction of sp³-hybridized carbons (Fsp3) is 0.263. The lowest BCUT2D eigenvalue weighted by Gasteiger charge is -2.11. The van der Waals surface area contributed by atoms with Crippen LogP contribution in [-0.2, 0) is 4.74 Å². The van der Waals surface area contributed by atoms with Crippen molar-refractivity contribution >= 4 is 35.1 Å². The summed E-state index contributed by atoms with van der Waals surface area (Å²) in [5, 5.41) is 5.38. The number of rotatable bonds is 7. The molecule has 0 spiro atoms. The van der Waals surface area contributed by atoms with Gasteiger partial charge in [0.15, 0.2) is 6.07 Å². The Hall–Kier alpha value is -2.93. The Labute approximate surface area is 162 Å². The molecule has 0 aliphatic heterocycles. The van der Waals surface area contributed by atoms with Crippen molar-refractivity contribution in [2.45, 2.75) is 20.3 Å². The van der Waals surface area contributed by atoms with Crippen molar-refractivity contribution in [2.75, 3.05) is 17.9 Å². The summed E-state index contributed by atoms with van der Waals surface area (Å²) in [6, 6.07) is 9.16. The lowest BCUT2D eigenvalue weighted by atomic mass is 10.1. The Morgan fingerprint density at radius 2 is 1.93 bits per heavy atom. The predicted octanol–water partition coefficient (Wildman–Crippen LogP) is 3.14. The molecular formula is C19H20ClN3O4. The molecule has 2 amide bonds. The molecule has 0 bridgehead atoms. The highest BCUT2D eigenvalue weighted by molar-refractivity contribution is 6.17. The molecule has 2 rings (SSSR count). The number of pyridine rings is 1. The molecule has 8 heteroatoms. The molecular weight excluding hydrogens is 370 g/mol. The van der Waals surface area contributed by atoms with E-state index in [2.05, 4.69) is 15.6 Å². The Kier molecular flexibility index (Phi) is 7.31. The third-order valence-electron chi connectivity index (χ3n) is 3.57. The quantitative estimate of drug-likeness (QED) is 0.560. The second-order valence-corrected chi connectivity index (χ2v) is 5.90. The Balaban J connectivity index is 2.25. The number of alkyl halides is 1. The summed E-state index contributed by atoms with van der Waals surface area (Å²) in [6.45, 7) is 4.16. The molecule has 0 aliphatic carbocycles. The summed E-state index contributed by atoms with van der Waals surface area (Å²) < 4.78 is 4.72. The van der Waals surface area contributed by atoms with E-state index in [4.69, 9.17) is 16.3 Å². The molecule has 0 unspecified atom stereocenters. The van der Waals surface area contributed by atoms with Gasteiger partial charge in [-0.15, -0.1) is 0 Å². The van der Waals surface area contributed by atoms with Crippen LogP contribution in [0, 0.1) is 6.92 Å². The highest BCUT2D eigenvalue weighted by Gasteiger charge is 2.19. The average Bonchev–Trinajstić information content (AvgIpc) is 2.66. The van der Waals surface area contributed by atoms with E-state index in [-0.39, 0.29) is 22.9 Å². The molecule has 0 saturated carbocycles. The maximum absolute atomic E-state index is 12.7. The number of hydrogen-bond acceptors (Lipinski definition) is 5. The van der Waals surface area contributed by atoms with E-state index < -0.39 is 17.8 Å². The fourth-order valence-electron chi connectivity index (χ4n) is 2.29. The van der Waals surface area contributed by atoms with E-state index >= 15 is 0 Å². The van der Waals surface area contributed by atoms with Crippen molar-refractivity contribution in [1.82, 2.24) is 10.3 Å². The van der Waals surface area contributed by atoms with Crippen LogP contribution in [0.3, 0.4) is 0 Å². The van der Waals surface area contributed by atoms with Gasteiger partial charge in [-0.2, -0.15) is 0 Å². The number of anilines is 1. The van der Waals surface area contributed by atoms with Gasteiger partial charge in [-0.3, -0.25) is 9.59 Å². The zero-order valence-corrected chi connectivity index (χ0v) is 15.8. The zero-order chi connectivity index (χ0) is 19.8. The Morgan fingerprint density at radius 3 is 2.63 bits per heavy atom. The first kappa shape index (κ1) is 20.4. The van der Waals surface area contributed by atoms with E-state index in [0.29, 0.717) is 17.9 Å². The van der Waals surface area contributed by atoms with E-state index in [0.717, 1.165) is 6.42 Å². The van der Waals surface area contributed by atoms with Crippen LogP contribution in [0.25, 0.3) is 0 Å². The van der Waals surface area contributed by atoms with Crippen LogP contribution in [0.1, 0.15) is 50.2 Å². The van der Waals surface area contributed by atoms with Crippen LogP contribution in [0.15, 0.2) is 36.4 Å². The predicted molar refractivity (Wildman–Crippen MR) is 102 cm³/mol. The van der Waals surface area contributed by atoms with Crippen molar-refractivity contribution in [2.24, 2.45) is 0 Å². The minimum atomic E-state index is -0.599. The summed E-state index contributed by atoms with van der Waals surface area (Å²) in [4.78, 5) is 40.9. The van der Waals surface area contributed by atoms with Crippen molar-refractivity contribution in [3.8, 4) is 0 Å². The number of carbonyl (C=O) groups is 3. The first-order valence-corrected chi connectivity index (χ1v) is 8.90. The lowest BCUT2D eigenvalue weighted by Crippen LogP contribution is -2.28. The Bertz CT molecular complexity index is 855. The minimum absolute atomic E-state index is 0.0543. The summed E-state index contributed by atoms with van der Waals surface area (Å²) in [7, 11) is 0. The van der Waals surface area contributed by atoms with Crippen molar-refractivity contribution in [3.05, 3.63) is 58.9 Å². The van der Waals surface area contributed by atoms with Crippen LogP contribution >= 0.6 is 11.6 Å². The number of nitrogens with zero attached hydrogens (tertiary/aromatic N) is 1. The molecule has 1 aromatic heterocycles. The van der Waals surface area contributed by atoms with Crippen LogP contribution in [0.2, 0.25) is 0 Å². The molecule has 27 heavy (non-hydrogen) atoms. The van der Waals surface area contributed by atoms with Crippen molar-refractivity contribution < 1.29 is 19.1 Å². The van der Waals surface area contributed by atoms with Crippen LogP contribution in [-0.4, -0.2) is 35.4 Å². The van der Waals surface area contributed by atoms with E-state index in [1.165, 1.54) is 6.07 Å². The number of carbonyl (C=O) groups excluding carboxylic acids is 3. The van der Waals surface area contributed by atoms with E-state index in [9.17, 15) is 14.4 Å². The maximum Gasteiger partial charge on any atom is 0.339 e. The van der Waals surface area contributed by atoms with Gasteiger partial charge in [0.05, 0.1) is 11.1 Å². The maximum atomic E-state index is 12.7. The van der Waals surface area contributed by atoms with Crippen molar-refractivity contribution in [1.29, 1.82) is 0 Å². The molecule has 0 saturated heterocycles. The van der Waals surface area contributed by atoms with Crippen LogP contribution in [0.5, 0.6) is 0 Å². The normalized spacial score (nSPS) is 10.2. The Morgan fingerprint density at radius 1 is 1.15 bits per heavy atom. The highest BCUT2D eigenvalue weighted by atomic mass is 35.5. The molecule has 1 heterocycles. The van der Waals surface area contributed by atoms with Gasteiger partial charge in [0.1, 0.15) is 5.69 Å². The number of esters is 1. The minimum Gasteiger partial charge on any atom is -0.446 e. The number of halogens is 1. The first-order valence-electron chi connectivity index (χ1n) is 8.36. The third-order valence-corrected chi connectivity index (χ3v) is 3.68.